The van der Waals surface area contributed by atoms with Crippen LogP contribution in [-0.4, -0.2) is 41.2 Å². The number of rotatable bonds is 6. The second-order valence-electron chi connectivity index (χ2n) is 5.50. The quantitative estimate of drug-likeness (QED) is 0.753. The van der Waals surface area contributed by atoms with Crippen LogP contribution >= 0.6 is 0 Å². The van der Waals surface area contributed by atoms with Crippen LogP contribution in [0.3, 0.4) is 0 Å². The van der Waals surface area contributed by atoms with E-state index in [1.54, 1.807) is 23.5 Å². The molecule has 2 heterocycles. The van der Waals surface area contributed by atoms with Gasteiger partial charge in [-0.05, 0) is 18.6 Å². The Morgan fingerprint density at radius 3 is 2.92 bits per heavy atom. The fourth-order valence-corrected chi connectivity index (χ4v) is 2.70. The minimum absolute atomic E-state index is 0.0955. The molecule has 1 aromatic carbocycles. The Balaban J connectivity index is 1.74. The van der Waals surface area contributed by atoms with E-state index in [1.807, 2.05) is 29.0 Å². The Kier molecular flexibility index (Phi) is 4.79. The smallest absolute Gasteiger partial charge is 0.309 e. The van der Waals surface area contributed by atoms with Gasteiger partial charge in [0, 0.05) is 25.5 Å². The standard InChI is InChI=1S/C17H19N3O4/c1-23-16(21)11-15-17(22)20(9-4-8-19-10-7-18-12-19)13-5-2-3-6-14(13)24-15/h2-3,5-7,10,12,15H,4,8-9,11H2,1H3/t15-/m1/s1. The van der Waals surface area contributed by atoms with Gasteiger partial charge in [0.25, 0.3) is 5.91 Å². The third-order valence-electron chi connectivity index (χ3n) is 3.90. The highest BCUT2D eigenvalue weighted by molar-refractivity contribution is 6.01. The predicted octanol–water partition coefficient (Wildman–Crippen LogP) is 1.63. The van der Waals surface area contributed by atoms with Crippen molar-refractivity contribution in [2.75, 3.05) is 18.6 Å². The lowest BCUT2D eigenvalue weighted by atomic mass is 10.1. The van der Waals surface area contributed by atoms with Crippen LogP contribution < -0.4 is 9.64 Å². The first-order chi connectivity index (χ1) is 11.7. The predicted molar refractivity (Wildman–Crippen MR) is 86.7 cm³/mol. The number of imidazole rings is 1. The molecule has 0 spiro atoms. The van der Waals surface area contributed by atoms with Gasteiger partial charge in [-0.1, -0.05) is 12.1 Å². The van der Waals surface area contributed by atoms with Crippen LogP contribution in [-0.2, 0) is 20.9 Å². The van der Waals surface area contributed by atoms with Gasteiger partial charge < -0.3 is 18.9 Å². The van der Waals surface area contributed by atoms with Crippen molar-refractivity contribution in [1.82, 2.24) is 9.55 Å². The molecule has 3 rings (SSSR count). The summed E-state index contributed by atoms with van der Waals surface area (Å²) in [4.78, 5) is 29.9. The molecule has 0 aliphatic carbocycles. The van der Waals surface area contributed by atoms with Crippen molar-refractivity contribution >= 4 is 17.6 Å². The molecule has 1 aliphatic rings. The minimum Gasteiger partial charge on any atom is -0.478 e. The zero-order valence-electron chi connectivity index (χ0n) is 13.4. The van der Waals surface area contributed by atoms with E-state index in [0.717, 1.165) is 18.7 Å². The number of aryl methyl sites for hydroxylation is 1. The summed E-state index contributed by atoms with van der Waals surface area (Å²) in [7, 11) is 1.30. The van der Waals surface area contributed by atoms with E-state index < -0.39 is 12.1 Å². The highest BCUT2D eigenvalue weighted by Crippen LogP contribution is 2.34. The molecule has 126 valence electrons. The van der Waals surface area contributed by atoms with Gasteiger partial charge in [-0.2, -0.15) is 0 Å². The zero-order chi connectivity index (χ0) is 16.9. The van der Waals surface area contributed by atoms with Crippen LogP contribution in [0.25, 0.3) is 0 Å². The van der Waals surface area contributed by atoms with Gasteiger partial charge >= 0.3 is 5.97 Å². The molecule has 1 aliphatic heterocycles. The average Bonchev–Trinajstić information content (AvgIpc) is 3.11. The third kappa shape index (κ3) is 3.40. The molecule has 0 N–H and O–H groups in total. The number of fused-ring (bicyclic) bond motifs is 1. The molecule has 0 radical (unpaired) electrons. The summed E-state index contributed by atoms with van der Waals surface area (Å²) in [6.07, 6.45) is 5.18. The molecule has 0 saturated heterocycles. The van der Waals surface area contributed by atoms with Crippen LogP contribution in [0.1, 0.15) is 12.8 Å². The van der Waals surface area contributed by atoms with Gasteiger partial charge in [0.05, 0.1) is 25.5 Å². The van der Waals surface area contributed by atoms with E-state index in [-0.39, 0.29) is 12.3 Å². The second kappa shape index (κ2) is 7.16. The van der Waals surface area contributed by atoms with Crippen molar-refractivity contribution in [2.45, 2.75) is 25.5 Å². The van der Waals surface area contributed by atoms with E-state index in [9.17, 15) is 9.59 Å². The molecule has 0 fully saturated rings. The summed E-state index contributed by atoms with van der Waals surface area (Å²) in [6.45, 7) is 1.30. The summed E-state index contributed by atoms with van der Waals surface area (Å²) < 4.78 is 12.3. The lowest BCUT2D eigenvalue weighted by Gasteiger charge is -2.34. The van der Waals surface area contributed by atoms with Gasteiger partial charge in [-0.25, -0.2) is 4.98 Å². The molecule has 1 aromatic heterocycles. The fraction of sp³-hybridized carbons (Fsp3) is 0.353. The topological polar surface area (TPSA) is 73.7 Å². The lowest BCUT2D eigenvalue weighted by Crippen LogP contribution is -2.47. The van der Waals surface area contributed by atoms with Gasteiger partial charge in [0.1, 0.15) is 5.75 Å². The maximum atomic E-state index is 12.7. The number of esters is 1. The maximum absolute atomic E-state index is 12.7. The number of benzene rings is 1. The van der Waals surface area contributed by atoms with Crippen LogP contribution in [0.4, 0.5) is 5.69 Å². The van der Waals surface area contributed by atoms with Crippen LogP contribution in [0, 0.1) is 0 Å². The molecular weight excluding hydrogens is 310 g/mol. The molecular formula is C17H19N3O4. The molecule has 1 amide bonds. The SMILES string of the molecule is COC(=O)C[C@H]1Oc2ccccc2N(CCCn2ccnc2)C1=O. The molecule has 24 heavy (non-hydrogen) atoms. The summed E-state index contributed by atoms with van der Waals surface area (Å²) >= 11 is 0. The fourth-order valence-electron chi connectivity index (χ4n) is 2.70. The Morgan fingerprint density at radius 2 is 2.17 bits per heavy atom. The van der Waals surface area contributed by atoms with Gasteiger partial charge in [-0.3, -0.25) is 9.59 Å². The Hall–Kier alpha value is -2.83. The van der Waals surface area contributed by atoms with Crippen LogP contribution in [0.5, 0.6) is 5.75 Å². The number of methoxy groups -OCH3 is 1. The number of hydrogen-bond acceptors (Lipinski definition) is 5. The number of ether oxygens (including phenoxy) is 2. The minimum atomic E-state index is -0.847. The molecule has 0 unspecified atom stereocenters. The maximum Gasteiger partial charge on any atom is 0.309 e. The third-order valence-corrected chi connectivity index (χ3v) is 3.90. The number of aromatic nitrogens is 2. The van der Waals surface area contributed by atoms with E-state index in [1.165, 1.54) is 7.11 Å². The van der Waals surface area contributed by atoms with Crippen molar-refractivity contribution in [1.29, 1.82) is 0 Å². The van der Waals surface area contributed by atoms with Crippen molar-refractivity contribution in [3.05, 3.63) is 43.0 Å². The van der Waals surface area contributed by atoms with E-state index >= 15 is 0 Å². The molecule has 7 heteroatoms. The molecule has 7 nitrogen and oxygen atoms in total. The Labute approximate surface area is 139 Å². The summed E-state index contributed by atoms with van der Waals surface area (Å²) in [5, 5.41) is 0. The van der Waals surface area contributed by atoms with Crippen LogP contribution in [0.2, 0.25) is 0 Å². The summed E-state index contributed by atoms with van der Waals surface area (Å²) in [5.41, 5.74) is 0.731. The first-order valence-electron chi connectivity index (χ1n) is 7.78. The normalized spacial score (nSPS) is 16.5. The number of nitrogens with zero attached hydrogens (tertiary/aromatic N) is 3. The lowest BCUT2D eigenvalue weighted by molar-refractivity contribution is -0.145. The number of hydrogen-bond donors (Lipinski definition) is 0. The van der Waals surface area contributed by atoms with Crippen molar-refractivity contribution in [3.63, 3.8) is 0 Å². The van der Waals surface area contributed by atoms with E-state index in [0.29, 0.717) is 12.3 Å². The van der Waals surface area contributed by atoms with Crippen LogP contribution in [0.15, 0.2) is 43.0 Å². The number of carbonyl (C=O) groups is 2. The largest absolute Gasteiger partial charge is 0.478 e. The highest BCUT2D eigenvalue weighted by atomic mass is 16.5. The van der Waals surface area contributed by atoms with Gasteiger partial charge in [0.2, 0.25) is 0 Å². The first kappa shape index (κ1) is 16.0. The number of carbonyl (C=O) groups excluding carboxylic acids is 2. The molecule has 1 atom stereocenters. The number of anilines is 1. The number of amides is 1. The van der Waals surface area contributed by atoms with Crippen molar-refractivity contribution < 1.29 is 19.1 Å². The highest BCUT2D eigenvalue weighted by Gasteiger charge is 2.35. The average molecular weight is 329 g/mol. The summed E-state index contributed by atoms with van der Waals surface area (Å²) in [5.74, 6) is -0.0792. The zero-order valence-corrected chi connectivity index (χ0v) is 13.4. The molecule has 0 bridgehead atoms. The Bertz CT molecular complexity index is 714. The molecule has 2 aromatic rings. The molecule has 0 saturated carbocycles. The summed E-state index contributed by atoms with van der Waals surface area (Å²) in [6, 6.07) is 7.35. The Morgan fingerprint density at radius 1 is 1.33 bits per heavy atom. The van der Waals surface area contributed by atoms with Gasteiger partial charge in [0.15, 0.2) is 6.10 Å². The van der Waals surface area contributed by atoms with Crippen molar-refractivity contribution in [3.8, 4) is 5.75 Å². The van der Waals surface area contributed by atoms with E-state index in [4.69, 9.17) is 4.74 Å². The number of para-hydroxylation sites is 2. The van der Waals surface area contributed by atoms with Crippen molar-refractivity contribution in [2.24, 2.45) is 0 Å². The monoisotopic (exact) mass is 329 g/mol. The second-order valence-corrected chi connectivity index (χ2v) is 5.50. The van der Waals surface area contributed by atoms with E-state index in [2.05, 4.69) is 9.72 Å². The first-order valence-corrected chi connectivity index (χ1v) is 7.78. The van der Waals surface area contributed by atoms with Gasteiger partial charge in [-0.15, -0.1) is 0 Å².